The zero-order valence-electron chi connectivity index (χ0n) is 5.02. The third-order valence-corrected chi connectivity index (χ3v) is 2.34. The lowest BCUT2D eigenvalue weighted by atomic mass is 10.4. The van der Waals surface area contributed by atoms with Crippen molar-refractivity contribution in [1.29, 1.82) is 0 Å². The van der Waals surface area contributed by atoms with Crippen molar-refractivity contribution in [2.24, 2.45) is 5.73 Å². The Balaban J connectivity index is 3.01. The van der Waals surface area contributed by atoms with Crippen LogP contribution in [0.3, 0.4) is 0 Å². The summed E-state index contributed by atoms with van der Waals surface area (Å²) in [5, 5.41) is 0. The fourth-order valence-electron chi connectivity index (χ4n) is 0.582. The first kappa shape index (κ1) is 6.99. The first-order chi connectivity index (χ1) is 4.24. The van der Waals surface area contributed by atoms with Gasteiger partial charge in [0.1, 0.15) is 0 Å². The van der Waals surface area contributed by atoms with Gasteiger partial charge in [-0.05, 0) is 6.92 Å². The van der Waals surface area contributed by atoms with Crippen molar-refractivity contribution in [3.8, 4) is 0 Å². The minimum absolute atomic E-state index is 0.538. The van der Waals surface area contributed by atoms with Crippen LogP contribution < -0.4 is 5.73 Å². The van der Waals surface area contributed by atoms with E-state index in [0.717, 1.165) is 10.6 Å². The van der Waals surface area contributed by atoms with Gasteiger partial charge >= 0.3 is 0 Å². The molecule has 0 aromatic carbocycles. The maximum Gasteiger partial charge on any atom is 0.184 e. The average Bonchev–Trinajstić information content (AvgIpc) is 2.10. The molecule has 1 aromatic heterocycles. The molecule has 0 saturated carbocycles. The highest BCUT2D eigenvalue weighted by molar-refractivity contribution is 7.15. The summed E-state index contributed by atoms with van der Waals surface area (Å²) in [6, 6.07) is 0. The maximum absolute atomic E-state index is 5.60. The molecule has 0 spiro atoms. The van der Waals surface area contributed by atoms with Gasteiger partial charge in [-0.25, -0.2) is 4.98 Å². The largest absolute Gasteiger partial charge is 0.326 e. The van der Waals surface area contributed by atoms with E-state index in [4.69, 9.17) is 17.3 Å². The normalized spacial score (nSPS) is 10.1. The monoisotopic (exact) mass is 162 g/mol. The molecule has 0 radical (unpaired) electrons. The van der Waals surface area contributed by atoms with Crippen molar-refractivity contribution in [2.75, 3.05) is 0 Å². The highest BCUT2D eigenvalue weighted by atomic mass is 35.5. The molecule has 50 valence electrons. The first-order valence-electron chi connectivity index (χ1n) is 2.56. The number of aromatic nitrogens is 1. The van der Waals surface area contributed by atoms with E-state index in [1.165, 1.54) is 11.3 Å². The van der Waals surface area contributed by atoms with Crippen LogP contribution in [-0.4, -0.2) is 4.98 Å². The van der Waals surface area contributed by atoms with Crippen LogP contribution in [0.1, 0.15) is 10.6 Å². The Hall–Kier alpha value is -0.120. The number of nitrogens with zero attached hydrogens (tertiary/aromatic N) is 1. The molecular formula is C5H7ClN2S. The highest BCUT2D eigenvalue weighted by Gasteiger charge is 2.01. The van der Waals surface area contributed by atoms with Crippen molar-refractivity contribution in [2.45, 2.75) is 13.5 Å². The minimum atomic E-state index is 0.538. The van der Waals surface area contributed by atoms with Gasteiger partial charge in [-0.2, -0.15) is 0 Å². The Kier molecular flexibility index (Phi) is 2.05. The van der Waals surface area contributed by atoms with E-state index >= 15 is 0 Å². The Morgan fingerprint density at radius 3 is 2.67 bits per heavy atom. The summed E-state index contributed by atoms with van der Waals surface area (Å²) >= 11 is 7.04. The topological polar surface area (TPSA) is 38.9 Å². The summed E-state index contributed by atoms with van der Waals surface area (Å²) in [6.45, 7) is 2.45. The van der Waals surface area contributed by atoms with Crippen molar-refractivity contribution in [1.82, 2.24) is 4.98 Å². The fourth-order valence-corrected chi connectivity index (χ4v) is 1.65. The van der Waals surface area contributed by atoms with E-state index in [-0.39, 0.29) is 0 Å². The summed E-state index contributed by atoms with van der Waals surface area (Å²) in [5.74, 6) is 0. The summed E-state index contributed by atoms with van der Waals surface area (Å²) in [4.78, 5) is 5.06. The summed E-state index contributed by atoms with van der Waals surface area (Å²) in [6.07, 6.45) is 0. The van der Waals surface area contributed by atoms with Crippen LogP contribution in [0.4, 0.5) is 0 Å². The van der Waals surface area contributed by atoms with Gasteiger partial charge in [0.05, 0.1) is 5.69 Å². The second kappa shape index (κ2) is 2.64. The van der Waals surface area contributed by atoms with Gasteiger partial charge in [-0.1, -0.05) is 11.6 Å². The Morgan fingerprint density at radius 2 is 2.44 bits per heavy atom. The number of hydrogen-bond acceptors (Lipinski definition) is 3. The zero-order valence-corrected chi connectivity index (χ0v) is 6.59. The van der Waals surface area contributed by atoms with Gasteiger partial charge in [-0.3, -0.25) is 0 Å². The number of nitrogens with two attached hydrogens (primary N) is 1. The van der Waals surface area contributed by atoms with Gasteiger partial charge in [-0.15, -0.1) is 11.3 Å². The van der Waals surface area contributed by atoms with Crippen LogP contribution in [-0.2, 0) is 6.54 Å². The van der Waals surface area contributed by atoms with Crippen LogP contribution in [0.15, 0.2) is 0 Å². The molecule has 0 unspecified atom stereocenters. The molecule has 1 heterocycles. The quantitative estimate of drug-likeness (QED) is 0.681. The fraction of sp³-hybridized carbons (Fsp3) is 0.400. The first-order valence-corrected chi connectivity index (χ1v) is 3.75. The van der Waals surface area contributed by atoms with Crippen molar-refractivity contribution in [3.05, 3.63) is 15.0 Å². The second-order valence-electron chi connectivity index (χ2n) is 1.68. The molecule has 9 heavy (non-hydrogen) atoms. The van der Waals surface area contributed by atoms with Gasteiger partial charge in [0.15, 0.2) is 4.47 Å². The van der Waals surface area contributed by atoms with Gasteiger partial charge < -0.3 is 5.73 Å². The predicted octanol–water partition coefficient (Wildman–Crippen LogP) is 1.56. The maximum atomic E-state index is 5.60. The summed E-state index contributed by atoms with van der Waals surface area (Å²) < 4.78 is 0.577. The number of thiazole rings is 1. The van der Waals surface area contributed by atoms with E-state index < -0.39 is 0 Å². The van der Waals surface area contributed by atoms with E-state index in [9.17, 15) is 0 Å². The second-order valence-corrected chi connectivity index (χ2v) is 3.35. The molecule has 0 amide bonds. The molecule has 0 saturated heterocycles. The average molecular weight is 163 g/mol. The number of hydrogen-bond donors (Lipinski definition) is 1. The number of rotatable bonds is 1. The lowest BCUT2D eigenvalue weighted by Gasteiger charge is -1.85. The molecule has 2 nitrogen and oxygen atoms in total. The van der Waals surface area contributed by atoms with Crippen molar-refractivity contribution in [3.63, 3.8) is 0 Å². The molecule has 0 bridgehead atoms. The molecule has 0 aliphatic carbocycles. The van der Waals surface area contributed by atoms with Gasteiger partial charge in [0, 0.05) is 11.4 Å². The van der Waals surface area contributed by atoms with Crippen LogP contribution in [0.25, 0.3) is 0 Å². The van der Waals surface area contributed by atoms with Crippen molar-refractivity contribution < 1.29 is 0 Å². The molecule has 0 aliphatic rings. The van der Waals surface area contributed by atoms with E-state index in [1.807, 2.05) is 6.92 Å². The molecular weight excluding hydrogens is 156 g/mol. The SMILES string of the molecule is Cc1nc(Cl)sc1CN. The van der Waals surface area contributed by atoms with E-state index in [2.05, 4.69) is 4.98 Å². The molecule has 4 heteroatoms. The van der Waals surface area contributed by atoms with E-state index in [1.54, 1.807) is 0 Å². The lowest BCUT2D eigenvalue weighted by Crippen LogP contribution is -1.94. The number of aryl methyl sites for hydroxylation is 1. The van der Waals surface area contributed by atoms with Crippen LogP contribution in [0.2, 0.25) is 4.47 Å². The summed E-state index contributed by atoms with van der Waals surface area (Å²) in [5.41, 5.74) is 6.33. The molecule has 0 fully saturated rings. The Morgan fingerprint density at radius 1 is 1.78 bits per heavy atom. The van der Waals surface area contributed by atoms with Gasteiger partial charge in [0.25, 0.3) is 0 Å². The zero-order chi connectivity index (χ0) is 6.85. The van der Waals surface area contributed by atoms with Gasteiger partial charge in [0.2, 0.25) is 0 Å². The van der Waals surface area contributed by atoms with E-state index in [0.29, 0.717) is 11.0 Å². The Labute approximate surface area is 62.7 Å². The molecule has 0 aliphatic heterocycles. The smallest absolute Gasteiger partial charge is 0.184 e. The summed E-state index contributed by atoms with van der Waals surface area (Å²) in [7, 11) is 0. The Bertz CT molecular complexity index is 209. The third kappa shape index (κ3) is 1.41. The molecule has 2 N–H and O–H groups in total. The van der Waals surface area contributed by atoms with Crippen LogP contribution in [0.5, 0.6) is 0 Å². The highest BCUT2D eigenvalue weighted by Crippen LogP contribution is 2.20. The van der Waals surface area contributed by atoms with Crippen molar-refractivity contribution >= 4 is 22.9 Å². The standard InChI is InChI=1S/C5H7ClN2S/c1-3-4(2-7)9-5(6)8-3/h2,7H2,1H3. The molecule has 1 aromatic rings. The minimum Gasteiger partial charge on any atom is -0.326 e. The number of halogens is 1. The van der Waals surface area contributed by atoms with Crippen LogP contribution in [0, 0.1) is 6.92 Å². The molecule has 1 rings (SSSR count). The van der Waals surface area contributed by atoms with Crippen LogP contribution >= 0.6 is 22.9 Å². The third-order valence-electron chi connectivity index (χ3n) is 1.05. The lowest BCUT2D eigenvalue weighted by molar-refractivity contribution is 1.06. The predicted molar refractivity (Wildman–Crippen MR) is 39.8 cm³/mol. The molecule has 0 atom stereocenters.